The summed E-state index contributed by atoms with van der Waals surface area (Å²) in [6.45, 7) is 6.05. The number of aromatic nitrogens is 1. The van der Waals surface area contributed by atoms with Gasteiger partial charge in [-0.3, -0.25) is 4.72 Å². The van der Waals surface area contributed by atoms with Crippen molar-refractivity contribution in [2.75, 3.05) is 15.8 Å². The molecule has 0 bridgehead atoms. The lowest BCUT2D eigenvalue weighted by Crippen LogP contribution is -2.16. The van der Waals surface area contributed by atoms with Crippen LogP contribution in [-0.4, -0.2) is 19.2 Å². The second kappa shape index (κ2) is 7.46. The number of benzene rings is 1. The summed E-state index contributed by atoms with van der Waals surface area (Å²) in [4.78, 5) is 4.26. The second-order valence-electron chi connectivity index (χ2n) is 5.65. The largest absolute Gasteiger partial charge is 0.340 e. The summed E-state index contributed by atoms with van der Waals surface area (Å²) in [6.07, 6.45) is 3.02. The molecule has 23 heavy (non-hydrogen) atoms. The minimum absolute atomic E-state index is 0.131. The number of nitrogens with one attached hydrogen (secondary N) is 2. The number of hydrogen-bond donors (Lipinski definition) is 2. The van der Waals surface area contributed by atoms with Crippen molar-refractivity contribution in [3.63, 3.8) is 0 Å². The van der Waals surface area contributed by atoms with Gasteiger partial charge < -0.3 is 5.32 Å². The van der Waals surface area contributed by atoms with E-state index in [1.807, 2.05) is 26.0 Å². The Labute approximate surface area is 138 Å². The average molecular weight is 333 g/mol. The van der Waals surface area contributed by atoms with E-state index < -0.39 is 10.0 Å². The molecule has 2 N–H and O–H groups in total. The fourth-order valence-corrected chi connectivity index (χ4v) is 3.44. The van der Waals surface area contributed by atoms with Gasteiger partial charge in [0.25, 0.3) is 0 Å². The van der Waals surface area contributed by atoms with E-state index in [4.69, 9.17) is 0 Å². The number of pyridine rings is 1. The molecule has 0 radical (unpaired) electrons. The van der Waals surface area contributed by atoms with Gasteiger partial charge in [-0.25, -0.2) is 13.4 Å². The first-order valence-corrected chi connectivity index (χ1v) is 9.35. The fraction of sp³-hybridized carbons (Fsp3) is 0.353. The smallest absolute Gasteiger partial charge is 0.232 e. The number of sulfonamides is 1. The number of unbranched alkanes of at least 4 members (excludes halogenated alkanes) is 1. The van der Waals surface area contributed by atoms with Crippen LogP contribution in [0.2, 0.25) is 0 Å². The fourth-order valence-electron chi connectivity index (χ4n) is 2.18. The van der Waals surface area contributed by atoms with Crippen LogP contribution in [-0.2, 0) is 10.0 Å². The van der Waals surface area contributed by atoms with Crippen LogP contribution in [0.1, 0.15) is 30.9 Å². The van der Waals surface area contributed by atoms with Crippen LogP contribution in [0.25, 0.3) is 0 Å². The molecule has 0 unspecified atom stereocenters. The van der Waals surface area contributed by atoms with E-state index in [-0.39, 0.29) is 5.75 Å². The molecule has 0 aliphatic carbocycles. The molecule has 0 saturated carbocycles. The van der Waals surface area contributed by atoms with Crippen LogP contribution in [0.3, 0.4) is 0 Å². The first-order valence-electron chi connectivity index (χ1n) is 7.70. The number of anilines is 3. The maximum absolute atomic E-state index is 11.9. The maximum Gasteiger partial charge on any atom is 0.232 e. The molecule has 2 aromatic rings. The molecule has 0 amide bonds. The predicted molar refractivity (Wildman–Crippen MR) is 95.8 cm³/mol. The highest BCUT2D eigenvalue weighted by Gasteiger charge is 2.09. The Morgan fingerprint density at radius 3 is 2.52 bits per heavy atom. The van der Waals surface area contributed by atoms with Crippen molar-refractivity contribution in [1.82, 2.24) is 4.98 Å². The lowest BCUT2D eigenvalue weighted by atomic mass is 10.1. The van der Waals surface area contributed by atoms with Crippen LogP contribution >= 0.6 is 0 Å². The van der Waals surface area contributed by atoms with Crippen molar-refractivity contribution in [2.24, 2.45) is 0 Å². The van der Waals surface area contributed by atoms with Gasteiger partial charge in [-0.05, 0) is 44.0 Å². The molecule has 6 heteroatoms. The van der Waals surface area contributed by atoms with E-state index >= 15 is 0 Å². The van der Waals surface area contributed by atoms with Crippen molar-refractivity contribution in [3.8, 4) is 0 Å². The summed E-state index contributed by atoms with van der Waals surface area (Å²) >= 11 is 0. The van der Waals surface area contributed by atoms with Gasteiger partial charge in [-0.1, -0.05) is 31.0 Å². The molecule has 2 rings (SSSR count). The lowest BCUT2D eigenvalue weighted by Gasteiger charge is -2.11. The molecule has 0 aliphatic rings. The number of rotatable bonds is 7. The summed E-state index contributed by atoms with van der Waals surface area (Å²) in [7, 11) is -3.29. The van der Waals surface area contributed by atoms with Gasteiger partial charge in [0.1, 0.15) is 5.82 Å². The highest BCUT2D eigenvalue weighted by molar-refractivity contribution is 7.92. The Kier molecular flexibility index (Phi) is 5.60. The Bertz CT molecular complexity index is 756. The summed E-state index contributed by atoms with van der Waals surface area (Å²) in [6, 6.07) is 9.61. The molecule has 1 aromatic heterocycles. The second-order valence-corrected chi connectivity index (χ2v) is 7.49. The van der Waals surface area contributed by atoms with Crippen molar-refractivity contribution in [2.45, 2.75) is 33.6 Å². The molecule has 1 heterocycles. The lowest BCUT2D eigenvalue weighted by molar-refractivity contribution is 0.598. The van der Waals surface area contributed by atoms with Crippen molar-refractivity contribution in [1.29, 1.82) is 0 Å². The standard InChI is InChI=1S/C17H23N3O2S/c1-4-5-10-23(21,22)20-15-7-9-17(18-12-15)19-16-8-6-13(2)11-14(16)3/h6-9,11-12,20H,4-5,10H2,1-3H3,(H,18,19). The van der Waals surface area contributed by atoms with Crippen LogP contribution in [0.4, 0.5) is 17.2 Å². The van der Waals surface area contributed by atoms with Gasteiger partial charge in [-0.2, -0.15) is 0 Å². The highest BCUT2D eigenvalue weighted by Crippen LogP contribution is 2.21. The van der Waals surface area contributed by atoms with E-state index in [0.29, 0.717) is 17.9 Å². The van der Waals surface area contributed by atoms with Gasteiger partial charge in [-0.15, -0.1) is 0 Å². The van der Waals surface area contributed by atoms with Crippen molar-refractivity contribution < 1.29 is 8.42 Å². The first-order chi connectivity index (χ1) is 10.9. The van der Waals surface area contributed by atoms with E-state index in [1.165, 1.54) is 11.8 Å². The van der Waals surface area contributed by atoms with E-state index in [2.05, 4.69) is 28.0 Å². The summed E-state index contributed by atoms with van der Waals surface area (Å²) in [5, 5.41) is 3.24. The molecular formula is C17H23N3O2S. The first kappa shape index (κ1) is 17.3. The topological polar surface area (TPSA) is 71.1 Å². The van der Waals surface area contributed by atoms with Crippen LogP contribution in [0.5, 0.6) is 0 Å². The molecule has 0 aliphatic heterocycles. The molecule has 0 spiro atoms. The van der Waals surface area contributed by atoms with Gasteiger partial charge in [0, 0.05) is 5.69 Å². The third-order valence-electron chi connectivity index (χ3n) is 3.45. The van der Waals surface area contributed by atoms with Crippen LogP contribution in [0, 0.1) is 13.8 Å². The number of nitrogens with zero attached hydrogens (tertiary/aromatic N) is 1. The Morgan fingerprint density at radius 1 is 1.13 bits per heavy atom. The Balaban J connectivity index is 2.05. The molecular weight excluding hydrogens is 310 g/mol. The Hall–Kier alpha value is -2.08. The van der Waals surface area contributed by atoms with E-state index in [1.54, 1.807) is 12.1 Å². The molecule has 5 nitrogen and oxygen atoms in total. The third kappa shape index (κ3) is 5.25. The average Bonchev–Trinajstić information content (AvgIpc) is 2.50. The minimum atomic E-state index is -3.29. The molecule has 0 fully saturated rings. The van der Waals surface area contributed by atoms with Gasteiger partial charge in [0.05, 0.1) is 17.6 Å². The zero-order valence-corrected chi connectivity index (χ0v) is 14.6. The van der Waals surface area contributed by atoms with Crippen LogP contribution < -0.4 is 10.0 Å². The van der Waals surface area contributed by atoms with Gasteiger partial charge in [0.2, 0.25) is 10.0 Å². The van der Waals surface area contributed by atoms with Crippen molar-refractivity contribution >= 4 is 27.2 Å². The summed E-state index contributed by atoms with van der Waals surface area (Å²) < 4.78 is 26.3. The number of aryl methyl sites for hydroxylation is 2. The van der Waals surface area contributed by atoms with Gasteiger partial charge >= 0.3 is 0 Å². The SMILES string of the molecule is CCCCS(=O)(=O)Nc1ccc(Nc2ccc(C)cc2C)nc1. The Morgan fingerprint density at radius 2 is 1.91 bits per heavy atom. The van der Waals surface area contributed by atoms with E-state index in [0.717, 1.165) is 17.7 Å². The van der Waals surface area contributed by atoms with Crippen LogP contribution in [0.15, 0.2) is 36.5 Å². The maximum atomic E-state index is 11.9. The monoisotopic (exact) mass is 333 g/mol. The summed E-state index contributed by atoms with van der Waals surface area (Å²) in [5.41, 5.74) is 3.81. The molecule has 0 saturated heterocycles. The minimum Gasteiger partial charge on any atom is -0.340 e. The zero-order valence-electron chi connectivity index (χ0n) is 13.8. The van der Waals surface area contributed by atoms with Gasteiger partial charge in [0.15, 0.2) is 0 Å². The normalized spacial score (nSPS) is 11.3. The third-order valence-corrected chi connectivity index (χ3v) is 4.82. The highest BCUT2D eigenvalue weighted by atomic mass is 32.2. The number of hydrogen-bond acceptors (Lipinski definition) is 4. The molecule has 1 aromatic carbocycles. The summed E-state index contributed by atoms with van der Waals surface area (Å²) in [5.74, 6) is 0.806. The molecule has 124 valence electrons. The zero-order chi connectivity index (χ0) is 16.9. The van der Waals surface area contributed by atoms with Crippen molar-refractivity contribution in [3.05, 3.63) is 47.7 Å². The quantitative estimate of drug-likeness (QED) is 0.804. The predicted octanol–water partition coefficient (Wildman–Crippen LogP) is 3.98. The van der Waals surface area contributed by atoms with E-state index in [9.17, 15) is 8.42 Å². The molecule has 0 atom stereocenters.